The van der Waals surface area contributed by atoms with E-state index in [1.807, 2.05) is 31.2 Å². The molecule has 1 aliphatic heterocycles. The lowest BCUT2D eigenvalue weighted by Crippen LogP contribution is -2.40. The number of amides is 1. The molecule has 2 aromatic rings. The summed E-state index contributed by atoms with van der Waals surface area (Å²) in [4.78, 5) is 14.5. The molecule has 1 heterocycles. The molecule has 0 aromatic heterocycles. The van der Waals surface area contributed by atoms with Gasteiger partial charge in [-0.15, -0.1) is 0 Å². The maximum Gasteiger partial charge on any atom is 0.234 e. The first-order valence-electron chi connectivity index (χ1n) is 7.96. The largest absolute Gasteiger partial charge is 0.348 e. The molecule has 2 aromatic carbocycles. The van der Waals surface area contributed by atoms with Gasteiger partial charge in [-0.1, -0.05) is 52.3 Å². The summed E-state index contributed by atoms with van der Waals surface area (Å²) in [6.07, 6.45) is 1.02. The predicted molar refractivity (Wildman–Crippen MR) is 96.1 cm³/mol. The summed E-state index contributed by atoms with van der Waals surface area (Å²) < 4.78 is 1.05. The quantitative estimate of drug-likeness (QED) is 0.887. The molecule has 0 saturated heterocycles. The Labute approximate surface area is 145 Å². The standard InChI is InChI=1S/C19H21BrN2O/c1-14(15-6-8-18(20)9-7-15)21-19(23)13-22-11-10-16-4-2-3-5-17(16)12-22/h2-9,14H,10-13H2,1H3,(H,21,23). The monoisotopic (exact) mass is 372 g/mol. The van der Waals surface area contributed by atoms with Crippen LogP contribution in [-0.2, 0) is 17.8 Å². The molecule has 0 fully saturated rings. The van der Waals surface area contributed by atoms with Crippen molar-refractivity contribution in [2.75, 3.05) is 13.1 Å². The molecule has 1 atom stereocenters. The van der Waals surface area contributed by atoms with Crippen LogP contribution < -0.4 is 5.32 Å². The fourth-order valence-electron chi connectivity index (χ4n) is 3.01. The van der Waals surface area contributed by atoms with E-state index < -0.39 is 0 Å². The average Bonchev–Trinajstić information content (AvgIpc) is 2.55. The molecule has 1 amide bonds. The van der Waals surface area contributed by atoms with Gasteiger partial charge in [0.2, 0.25) is 5.91 Å². The number of benzene rings is 2. The Morgan fingerprint density at radius 1 is 1.17 bits per heavy atom. The minimum absolute atomic E-state index is 0.0210. The molecule has 120 valence electrons. The number of halogens is 1. The summed E-state index contributed by atoms with van der Waals surface area (Å²) in [5.41, 5.74) is 3.87. The van der Waals surface area contributed by atoms with E-state index in [9.17, 15) is 4.79 Å². The second-order valence-corrected chi connectivity index (χ2v) is 6.99. The van der Waals surface area contributed by atoms with E-state index in [2.05, 4.69) is 50.4 Å². The van der Waals surface area contributed by atoms with Crippen LogP contribution in [0.5, 0.6) is 0 Å². The van der Waals surface area contributed by atoms with Gasteiger partial charge in [-0.3, -0.25) is 9.69 Å². The number of carbonyl (C=O) groups is 1. The van der Waals surface area contributed by atoms with Crippen molar-refractivity contribution >= 4 is 21.8 Å². The molecule has 0 aliphatic carbocycles. The molecule has 1 N–H and O–H groups in total. The highest BCUT2D eigenvalue weighted by atomic mass is 79.9. The number of nitrogens with one attached hydrogen (secondary N) is 1. The third kappa shape index (κ3) is 4.21. The Balaban J connectivity index is 1.55. The summed E-state index contributed by atoms with van der Waals surface area (Å²) in [5, 5.41) is 3.09. The van der Waals surface area contributed by atoms with Gasteiger partial charge < -0.3 is 5.32 Å². The number of nitrogens with zero attached hydrogens (tertiary/aromatic N) is 1. The van der Waals surface area contributed by atoms with Gasteiger partial charge in [0.15, 0.2) is 0 Å². The zero-order chi connectivity index (χ0) is 16.2. The number of fused-ring (bicyclic) bond motifs is 1. The Morgan fingerprint density at radius 3 is 2.61 bits per heavy atom. The zero-order valence-electron chi connectivity index (χ0n) is 13.3. The van der Waals surface area contributed by atoms with Gasteiger partial charge in [-0.05, 0) is 42.2 Å². The summed E-state index contributed by atoms with van der Waals surface area (Å²) in [6.45, 7) is 4.27. The van der Waals surface area contributed by atoms with Crippen LogP contribution >= 0.6 is 15.9 Å². The Bertz CT molecular complexity index is 684. The minimum atomic E-state index is 0.0210. The van der Waals surface area contributed by atoms with Crippen molar-refractivity contribution in [1.82, 2.24) is 10.2 Å². The first-order chi connectivity index (χ1) is 11.1. The normalized spacial score (nSPS) is 15.7. The third-order valence-corrected chi connectivity index (χ3v) is 4.85. The van der Waals surface area contributed by atoms with Gasteiger partial charge in [-0.25, -0.2) is 0 Å². The number of hydrogen-bond acceptors (Lipinski definition) is 2. The first kappa shape index (κ1) is 16.2. The van der Waals surface area contributed by atoms with E-state index in [-0.39, 0.29) is 11.9 Å². The van der Waals surface area contributed by atoms with Crippen molar-refractivity contribution in [3.8, 4) is 0 Å². The van der Waals surface area contributed by atoms with Crippen molar-refractivity contribution in [3.05, 3.63) is 69.7 Å². The van der Waals surface area contributed by atoms with Crippen LogP contribution in [0.15, 0.2) is 53.0 Å². The number of rotatable bonds is 4. The lowest BCUT2D eigenvalue weighted by molar-refractivity contribution is -0.123. The molecular weight excluding hydrogens is 352 g/mol. The SMILES string of the molecule is CC(NC(=O)CN1CCc2ccccc2C1)c1ccc(Br)cc1. The van der Waals surface area contributed by atoms with Crippen LogP contribution in [0.2, 0.25) is 0 Å². The summed E-state index contributed by atoms with van der Waals surface area (Å²) >= 11 is 3.43. The van der Waals surface area contributed by atoms with Gasteiger partial charge in [0, 0.05) is 17.6 Å². The topological polar surface area (TPSA) is 32.3 Å². The van der Waals surface area contributed by atoms with Gasteiger partial charge in [0.1, 0.15) is 0 Å². The van der Waals surface area contributed by atoms with Crippen LogP contribution in [0, 0.1) is 0 Å². The van der Waals surface area contributed by atoms with E-state index in [4.69, 9.17) is 0 Å². The minimum Gasteiger partial charge on any atom is -0.348 e. The number of hydrogen-bond donors (Lipinski definition) is 1. The predicted octanol–water partition coefficient (Wildman–Crippen LogP) is 3.68. The van der Waals surface area contributed by atoms with Crippen molar-refractivity contribution in [3.63, 3.8) is 0 Å². The van der Waals surface area contributed by atoms with E-state index in [1.165, 1.54) is 11.1 Å². The number of carbonyl (C=O) groups excluding carboxylic acids is 1. The van der Waals surface area contributed by atoms with Gasteiger partial charge >= 0.3 is 0 Å². The first-order valence-corrected chi connectivity index (χ1v) is 8.75. The highest BCUT2D eigenvalue weighted by molar-refractivity contribution is 9.10. The second kappa shape index (κ2) is 7.28. The van der Waals surface area contributed by atoms with Crippen molar-refractivity contribution in [2.24, 2.45) is 0 Å². The molecule has 1 aliphatic rings. The molecule has 3 rings (SSSR count). The molecular formula is C19H21BrN2O. The molecule has 0 saturated carbocycles. The van der Waals surface area contributed by atoms with Crippen molar-refractivity contribution in [2.45, 2.75) is 25.9 Å². The van der Waals surface area contributed by atoms with Crippen molar-refractivity contribution in [1.29, 1.82) is 0 Å². The summed E-state index contributed by atoms with van der Waals surface area (Å²) in [5.74, 6) is 0.0831. The lowest BCUT2D eigenvalue weighted by Gasteiger charge is -2.28. The lowest BCUT2D eigenvalue weighted by atomic mass is 10.00. The average molecular weight is 373 g/mol. The van der Waals surface area contributed by atoms with Crippen molar-refractivity contribution < 1.29 is 4.79 Å². The highest BCUT2D eigenvalue weighted by Gasteiger charge is 2.19. The molecule has 3 nitrogen and oxygen atoms in total. The van der Waals surface area contributed by atoms with E-state index in [0.717, 1.165) is 29.5 Å². The zero-order valence-corrected chi connectivity index (χ0v) is 14.8. The Hall–Kier alpha value is -1.65. The van der Waals surface area contributed by atoms with Crippen LogP contribution in [-0.4, -0.2) is 23.9 Å². The van der Waals surface area contributed by atoms with Gasteiger partial charge in [-0.2, -0.15) is 0 Å². The van der Waals surface area contributed by atoms with E-state index in [0.29, 0.717) is 6.54 Å². The molecule has 1 unspecified atom stereocenters. The van der Waals surface area contributed by atoms with Crippen LogP contribution in [0.4, 0.5) is 0 Å². The third-order valence-electron chi connectivity index (χ3n) is 4.32. The van der Waals surface area contributed by atoms with E-state index in [1.54, 1.807) is 0 Å². The van der Waals surface area contributed by atoms with Crippen LogP contribution in [0.1, 0.15) is 29.7 Å². The maximum absolute atomic E-state index is 12.3. The Morgan fingerprint density at radius 2 is 1.87 bits per heavy atom. The fourth-order valence-corrected chi connectivity index (χ4v) is 3.28. The van der Waals surface area contributed by atoms with Crippen LogP contribution in [0.25, 0.3) is 0 Å². The Kier molecular flexibility index (Phi) is 5.13. The van der Waals surface area contributed by atoms with Crippen LogP contribution in [0.3, 0.4) is 0 Å². The summed E-state index contributed by atoms with van der Waals surface area (Å²) in [7, 11) is 0. The highest BCUT2D eigenvalue weighted by Crippen LogP contribution is 2.19. The molecule has 23 heavy (non-hydrogen) atoms. The molecule has 0 bridgehead atoms. The molecule has 0 spiro atoms. The fraction of sp³-hybridized carbons (Fsp3) is 0.316. The molecule has 0 radical (unpaired) electrons. The van der Waals surface area contributed by atoms with Gasteiger partial charge in [0.05, 0.1) is 12.6 Å². The van der Waals surface area contributed by atoms with E-state index >= 15 is 0 Å². The summed E-state index contributed by atoms with van der Waals surface area (Å²) in [6, 6.07) is 16.6. The molecule has 4 heteroatoms. The maximum atomic E-state index is 12.3. The van der Waals surface area contributed by atoms with Gasteiger partial charge in [0.25, 0.3) is 0 Å². The smallest absolute Gasteiger partial charge is 0.234 e. The second-order valence-electron chi connectivity index (χ2n) is 6.07.